The molecule has 0 saturated heterocycles. The van der Waals surface area contributed by atoms with Crippen LogP contribution in [-0.4, -0.2) is 25.2 Å². The predicted octanol–water partition coefficient (Wildman–Crippen LogP) is 5.19. The SMILES string of the molecule is COC(=O)c1cc(-c2cc(-c3ccccc3)nc(OC)c2C#N)c2cccccc1-2. The van der Waals surface area contributed by atoms with Crippen molar-refractivity contribution in [3.05, 3.63) is 83.9 Å². The molecule has 5 nitrogen and oxygen atoms in total. The topological polar surface area (TPSA) is 72.2 Å². The molecule has 5 heteroatoms. The molecule has 0 unspecified atom stereocenters. The number of carbonyl (C=O) groups excluding carboxylic acids is 1. The average molecular weight is 394 g/mol. The Bertz CT molecular complexity index is 1240. The normalized spacial score (nSPS) is 10.4. The molecule has 0 atom stereocenters. The quantitative estimate of drug-likeness (QED) is 0.446. The predicted molar refractivity (Wildman–Crippen MR) is 114 cm³/mol. The molecule has 0 fully saturated rings. The Balaban J connectivity index is 2.05. The molecule has 2 aromatic rings. The van der Waals surface area contributed by atoms with Crippen LogP contribution in [0.3, 0.4) is 0 Å². The van der Waals surface area contributed by atoms with E-state index in [1.165, 1.54) is 14.2 Å². The highest BCUT2D eigenvalue weighted by atomic mass is 16.5. The van der Waals surface area contributed by atoms with Crippen LogP contribution in [0.15, 0.2) is 72.8 Å². The van der Waals surface area contributed by atoms with E-state index in [0.717, 1.165) is 22.3 Å². The largest absolute Gasteiger partial charge is 0.480 e. The lowest BCUT2D eigenvalue weighted by Crippen LogP contribution is -2.00. The van der Waals surface area contributed by atoms with Crippen molar-refractivity contribution >= 4 is 5.97 Å². The summed E-state index contributed by atoms with van der Waals surface area (Å²) in [5.41, 5.74) is 5.32. The Morgan fingerprint density at radius 1 is 0.867 bits per heavy atom. The van der Waals surface area contributed by atoms with Crippen LogP contribution in [-0.2, 0) is 4.74 Å². The number of carbonyl (C=O) groups is 1. The number of pyridine rings is 1. The third-order valence-corrected chi connectivity index (χ3v) is 4.96. The molecule has 0 saturated carbocycles. The molecule has 0 aliphatic heterocycles. The van der Waals surface area contributed by atoms with Crippen LogP contribution in [0.4, 0.5) is 0 Å². The van der Waals surface area contributed by atoms with E-state index in [4.69, 9.17) is 9.47 Å². The van der Waals surface area contributed by atoms with E-state index in [9.17, 15) is 10.1 Å². The van der Waals surface area contributed by atoms with Crippen molar-refractivity contribution in [2.24, 2.45) is 0 Å². The van der Waals surface area contributed by atoms with Crippen LogP contribution in [0.5, 0.6) is 5.88 Å². The third kappa shape index (κ3) is 3.25. The van der Waals surface area contributed by atoms with Crippen LogP contribution < -0.4 is 4.74 Å². The number of rotatable bonds is 4. The summed E-state index contributed by atoms with van der Waals surface area (Å²) >= 11 is 0. The monoisotopic (exact) mass is 394 g/mol. The summed E-state index contributed by atoms with van der Waals surface area (Å²) in [6.07, 6.45) is 0. The fourth-order valence-corrected chi connectivity index (χ4v) is 3.57. The second-order valence-corrected chi connectivity index (χ2v) is 6.62. The van der Waals surface area contributed by atoms with Gasteiger partial charge in [-0.05, 0) is 28.8 Å². The molecule has 1 heterocycles. The van der Waals surface area contributed by atoms with Gasteiger partial charge >= 0.3 is 5.97 Å². The molecule has 0 N–H and O–H groups in total. The molecule has 0 amide bonds. The average Bonchev–Trinajstić information content (AvgIpc) is 2.98. The number of nitriles is 1. The van der Waals surface area contributed by atoms with Gasteiger partial charge in [-0.1, -0.05) is 60.7 Å². The first kappa shape index (κ1) is 19.2. The molecule has 2 aliphatic rings. The Labute approximate surface area is 174 Å². The van der Waals surface area contributed by atoms with Crippen molar-refractivity contribution in [3.63, 3.8) is 0 Å². The summed E-state index contributed by atoms with van der Waals surface area (Å²) in [5, 5.41) is 9.88. The van der Waals surface area contributed by atoms with Crippen molar-refractivity contribution < 1.29 is 14.3 Å². The molecule has 2 aliphatic carbocycles. The van der Waals surface area contributed by atoms with Crippen molar-refractivity contribution in [3.8, 4) is 45.5 Å². The van der Waals surface area contributed by atoms with Crippen LogP contribution in [0.2, 0.25) is 0 Å². The van der Waals surface area contributed by atoms with Crippen LogP contribution in [0, 0.1) is 11.3 Å². The number of aromatic nitrogens is 1. The zero-order valence-electron chi connectivity index (χ0n) is 16.5. The number of methoxy groups -OCH3 is 2. The van der Waals surface area contributed by atoms with E-state index in [2.05, 4.69) is 11.1 Å². The van der Waals surface area contributed by atoms with Gasteiger partial charge in [-0.3, -0.25) is 0 Å². The zero-order valence-corrected chi connectivity index (χ0v) is 16.5. The van der Waals surface area contributed by atoms with E-state index in [1.807, 2.05) is 66.7 Å². The van der Waals surface area contributed by atoms with Crippen LogP contribution in [0.1, 0.15) is 15.9 Å². The summed E-state index contributed by atoms with van der Waals surface area (Å²) in [7, 11) is 2.85. The molecule has 0 spiro atoms. The first-order valence-electron chi connectivity index (χ1n) is 9.33. The van der Waals surface area contributed by atoms with Gasteiger partial charge in [0.1, 0.15) is 11.6 Å². The zero-order chi connectivity index (χ0) is 21.1. The van der Waals surface area contributed by atoms with Gasteiger partial charge in [-0.15, -0.1) is 0 Å². The highest BCUT2D eigenvalue weighted by molar-refractivity contribution is 6.05. The van der Waals surface area contributed by atoms with Gasteiger partial charge < -0.3 is 9.47 Å². The van der Waals surface area contributed by atoms with E-state index in [0.29, 0.717) is 22.4 Å². The lowest BCUT2D eigenvalue weighted by Gasteiger charge is -2.12. The first-order valence-corrected chi connectivity index (χ1v) is 9.33. The highest BCUT2D eigenvalue weighted by Crippen LogP contribution is 2.42. The van der Waals surface area contributed by atoms with Crippen LogP contribution >= 0.6 is 0 Å². The number of fused-ring (bicyclic) bond motifs is 1. The molecule has 146 valence electrons. The Hall–Kier alpha value is -4.17. The molecule has 0 bridgehead atoms. The number of benzene rings is 1. The number of ether oxygens (including phenoxy) is 2. The van der Waals surface area contributed by atoms with E-state index >= 15 is 0 Å². The van der Waals surface area contributed by atoms with E-state index in [-0.39, 0.29) is 5.88 Å². The first-order chi connectivity index (χ1) is 14.7. The number of nitrogens with zero attached hydrogens (tertiary/aromatic N) is 2. The molecule has 0 radical (unpaired) electrons. The van der Waals surface area contributed by atoms with Gasteiger partial charge in [0, 0.05) is 11.1 Å². The lowest BCUT2D eigenvalue weighted by atomic mass is 9.97. The second kappa shape index (κ2) is 8.06. The van der Waals surface area contributed by atoms with Crippen molar-refractivity contribution in [2.75, 3.05) is 14.2 Å². The number of esters is 1. The molecule has 1 aromatic heterocycles. The van der Waals surface area contributed by atoms with Gasteiger partial charge in [0.25, 0.3) is 0 Å². The second-order valence-electron chi connectivity index (χ2n) is 6.62. The van der Waals surface area contributed by atoms with Crippen molar-refractivity contribution in [1.29, 1.82) is 5.26 Å². The fourth-order valence-electron chi connectivity index (χ4n) is 3.57. The molecular weight excluding hydrogens is 376 g/mol. The number of hydrogen-bond donors (Lipinski definition) is 0. The van der Waals surface area contributed by atoms with Gasteiger partial charge in [0.15, 0.2) is 0 Å². The number of hydrogen-bond acceptors (Lipinski definition) is 5. The maximum Gasteiger partial charge on any atom is 0.338 e. The van der Waals surface area contributed by atoms with Crippen molar-refractivity contribution in [1.82, 2.24) is 4.98 Å². The maximum absolute atomic E-state index is 12.4. The van der Waals surface area contributed by atoms with Gasteiger partial charge in [-0.2, -0.15) is 5.26 Å². The molecule has 30 heavy (non-hydrogen) atoms. The molecular formula is C25H18N2O3. The summed E-state index contributed by atoms with van der Waals surface area (Å²) in [5.74, 6) is -0.191. The Morgan fingerprint density at radius 2 is 1.53 bits per heavy atom. The molecule has 1 aromatic carbocycles. The minimum Gasteiger partial charge on any atom is -0.480 e. The highest BCUT2D eigenvalue weighted by Gasteiger charge is 2.25. The molecule has 4 rings (SSSR count). The van der Waals surface area contributed by atoms with Crippen molar-refractivity contribution in [2.45, 2.75) is 0 Å². The van der Waals surface area contributed by atoms with Gasteiger partial charge in [0.05, 0.1) is 25.5 Å². The minimum atomic E-state index is -0.430. The summed E-state index contributed by atoms with van der Waals surface area (Å²) in [6.45, 7) is 0. The standard InChI is InChI=1S/C25H18N2O3/c1-29-24-22(15-26)20(14-23(27-24)16-9-5-3-6-10-16)19-13-21(25(28)30-2)18-12-8-4-7-11-17(18)19/h3-14H,1-2H3. The maximum atomic E-state index is 12.4. The van der Waals surface area contributed by atoms with Gasteiger partial charge in [0.2, 0.25) is 5.88 Å². The van der Waals surface area contributed by atoms with E-state index < -0.39 is 5.97 Å². The smallest absolute Gasteiger partial charge is 0.338 e. The summed E-state index contributed by atoms with van der Waals surface area (Å²) in [4.78, 5) is 16.9. The fraction of sp³-hybridized carbons (Fsp3) is 0.0800. The Kier molecular flexibility index (Phi) is 5.15. The van der Waals surface area contributed by atoms with Crippen LogP contribution in [0.25, 0.3) is 33.5 Å². The van der Waals surface area contributed by atoms with Gasteiger partial charge in [-0.25, -0.2) is 9.78 Å². The lowest BCUT2D eigenvalue weighted by molar-refractivity contribution is 0.0602. The van der Waals surface area contributed by atoms with E-state index in [1.54, 1.807) is 6.07 Å². The Morgan fingerprint density at radius 3 is 2.17 bits per heavy atom. The minimum absolute atomic E-state index is 0.239. The summed E-state index contributed by atoms with van der Waals surface area (Å²) < 4.78 is 10.4. The third-order valence-electron chi connectivity index (χ3n) is 4.96. The summed E-state index contributed by atoms with van der Waals surface area (Å²) in [6, 6.07) is 25.0.